The first-order valence-corrected chi connectivity index (χ1v) is 6.79. The number of carbonyl (C=O) groups excluding carboxylic acids is 1. The molecule has 0 aliphatic heterocycles. The molecule has 0 aromatic heterocycles. The highest BCUT2D eigenvalue weighted by Gasteiger charge is 2.29. The van der Waals surface area contributed by atoms with Gasteiger partial charge in [0.05, 0.1) is 18.6 Å². The predicted octanol–water partition coefficient (Wildman–Crippen LogP) is 1.70. The summed E-state index contributed by atoms with van der Waals surface area (Å²) in [6.45, 7) is 0. The van der Waals surface area contributed by atoms with Gasteiger partial charge in [-0.25, -0.2) is 0 Å². The maximum Gasteiger partial charge on any atom is 0.227 e. The molecule has 1 fully saturated rings. The summed E-state index contributed by atoms with van der Waals surface area (Å²) in [7, 11) is 1.75. The Kier molecular flexibility index (Phi) is 4.43. The predicted molar refractivity (Wildman–Crippen MR) is 72.8 cm³/mol. The van der Waals surface area contributed by atoms with Crippen LogP contribution in [0.4, 0.5) is 0 Å². The third-order valence-electron chi connectivity index (χ3n) is 3.85. The molecule has 2 rings (SSSR count). The number of hydrogen-bond acceptors (Lipinski definition) is 3. The van der Waals surface area contributed by atoms with E-state index in [1.807, 2.05) is 6.07 Å². The van der Waals surface area contributed by atoms with Crippen molar-refractivity contribution in [3.8, 4) is 5.75 Å². The summed E-state index contributed by atoms with van der Waals surface area (Å²) < 4.78 is 0. The van der Waals surface area contributed by atoms with Crippen molar-refractivity contribution in [1.29, 1.82) is 0 Å². The molecule has 1 amide bonds. The van der Waals surface area contributed by atoms with Gasteiger partial charge in [-0.1, -0.05) is 25.0 Å². The molecule has 4 heteroatoms. The number of nitrogens with zero attached hydrogens (tertiary/aromatic N) is 1. The van der Waals surface area contributed by atoms with Gasteiger partial charge in [0.25, 0.3) is 0 Å². The van der Waals surface area contributed by atoms with Gasteiger partial charge in [0.1, 0.15) is 5.75 Å². The number of phenolic OH excluding ortho intramolecular Hbond substituents is 1. The lowest BCUT2D eigenvalue weighted by atomic mass is 9.91. The largest absolute Gasteiger partial charge is 0.508 e. The SMILES string of the molecule is CN(C(=O)Cc1cccc(O)c1)C1CCCCC1O. The molecule has 0 bridgehead atoms. The zero-order valence-corrected chi connectivity index (χ0v) is 11.2. The van der Waals surface area contributed by atoms with Crippen LogP contribution < -0.4 is 0 Å². The van der Waals surface area contributed by atoms with Crippen molar-refractivity contribution in [2.75, 3.05) is 7.05 Å². The van der Waals surface area contributed by atoms with E-state index < -0.39 is 6.10 Å². The molecule has 1 aromatic rings. The van der Waals surface area contributed by atoms with Crippen LogP contribution in [0.15, 0.2) is 24.3 Å². The van der Waals surface area contributed by atoms with Gasteiger partial charge in [0.2, 0.25) is 5.91 Å². The van der Waals surface area contributed by atoms with Crippen molar-refractivity contribution < 1.29 is 15.0 Å². The Bertz CT molecular complexity index is 447. The fourth-order valence-corrected chi connectivity index (χ4v) is 2.69. The van der Waals surface area contributed by atoms with Crippen molar-refractivity contribution in [3.63, 3.8) is 0 Å². The molecule has 0 saturated heterocycles. The standard InChI is InChI=1S/C15H21NO3/c1-16(13-7-2-3-8-14(13)18)15(19)10-11-5-4-6-12(17)9-11/h4-6,9,13-14,17-18H,2-3,7-8,10H2,1H3. The van der Waals surface area contributed by atoms with Crippen LogP contribution in [0, 0.1) is 0 Å². The second kappa shape index (κ2) is 6.06. The van der Waals surface area contributed by atoms with Crippen LogP contribution in [0.5, 0.6) is 5.75 Å². The Morgan fingerprint density at radius 1 is 1.37 bits per heavy atom. The zero-order chi connectivity index (χ0) is 13.8. The molecule has 2 N–H and O–H groups in total. The van der Waals surface area contributed by atoms with E-state index >= 15 is 0 Å². The smallest absolute Gasteiger partial charge is 0.227 e. The molecular weight excluding hydrogens is 242 g/mol. The lowest BCUT2D eigenvalue weighted by molar-refractivity contribution is -0.134. The van der Waals surface area contributed by atoms with Crippen LogP contribution >= 0.6 is 0 Å². The van der Waals surface area contributed by atoms with Crippen LogP contribution in [0.1, 0.15) is 31.2 Å². The fraction of sp³-hybridized carbons (Fsp3) is 0.533. The minimum Gasteiger partial charge on any atom is -0.508 e. The molecule has 104 valence electrons. The Hall–Kier alpha value is -1.55. The third-order valence-corrected chi connectivity index (χ3v) is 3.85. The molecule has 1 aliphatic rings. The number of aliphatic hydroxyl groups is 1. The van der Waals surface area contributed by atoms with Crippen molar-refractivity contribution in [3.05, 3.63) is 29.8 Å². The van der Waals surface area contributed by atoms with Crippen LogP contribution in [-0.2, 0) is 11.2 Å². The molecule has 0 spiro atoms. The molecule has 2 atom stereocenters. The number of rotatable bonds is 3. The van der Waals surface area contributed by atoms with Gasteiger partial charge in [0.15, 0.2) is 0 Å². The molecule has 2 unspecified atom stereocenters. The van der Waals surface area contributed by atoms with E-state index in [1.54, 1.807) is 30.1 Å². The first kappa shape index (κ1) is 13.9. The highest BCUT2D eigenvalue weighted by atomic mass is 16.3. The summed E-state index contributed by atoms with van der Waals surface area (Å²) in [5.41, 5.74) is 0.794. The summed E-state index contributed by atoms with van der Waals surface area (Å²) in [6, 6.07) is 6.67. The molecule has 1 saturated carbocycles. The number of aromatic hydroxyl groups is 1. The number of hydrogen-bond donors (Lipinski definition) is 2. The topological polar surface area (TPSA) is 60.8 Å². The van der Waals surface area contributed by atoms with Gasteiger partial charge in [0, 0.05) is 7.05 Å². The first-order valence-electron chi connectivity index (χ1n) is 6.79. The zero-order valence-electron chi connectivity index (χ0n) is 11.2. The Morgan fingerprint density at radius 3 is 2.79 bits per heavy atom. The number of carbonyl (C=O) groups is 1. The molecule has 1 aromatic carbocycles. The highest BCUT2D eigenvalue weighted by molar-refractivity contribution is 5.79. The average Bonchev–Trinajstić information content (AvgIpc) is 2.38. The third kappa shape index (κ3) is 3.47. The molecule has 1 aliphatic carbocycles. The Morgan fingerprint density at radius 2 is 2.11 bits per heavy atom. The number of aliphatic hydroxyl groups excluding tert-OH is 1. The molecule has 19 heavy (non-hydrogen) atoms. The van der Waals surface area contributed by atoms with Gasteiger partial charge in [-0.05, 0) is 30.5 Å². The van der Waals surface area contributed by atoms with Crippen LogP contribution in [0.2, 0.25) is 0 Å². The summed E-state index contributed by atoms with van der Waals surface area (Å²) in [6.07, 6.45) is 3.58. The number of phenols is 1. The van der Waals surface area contributed by atoms with E-state index in [2.05, 4.69) is 0 Å². The lowest BCUT2D eigenvalue weighted by Gasteiger charge is -2.35. The molecule has 0 heterocycles. The van der Waals surface area contributed by atoms with E-state index in [9.17, 15) is 15.0 Å². The van der Waals surface area contributed by atoms with E-state index in [4.69, 9.17) is 0 Å². The van der Waals surface area contributed by atoms with Gasteiger partial charge in [-0.15, -0.1) is 0 Å². The minimum atomic E-state index is -0.410. The van der Waals surface area contributed by atoms with Crippen molar-refractivity contribution in [2.24, 2.45) is 0 Å². The second-order valence-corrected chi connectivity index (χ2v) is 5.27. The van der Waals surface area contributed by atoms with E-state index in [0.29, 0.717) is 0 Å². The summed E-state index contributed by atoms with van der Waals surface area (Å²) in [5, 5.41) is 19.4. The first-order chi connectivity index (χ1) is 9.08. The Balaban J connectivity index is 1.99. The monoisotopic (exact) mass is 263 g/mol. The van der Waals surface area contributed by atoms with Crippen molar-refractivity contribution in [1.82, 2.24) is 4.90 Å². The van der Waals surface area contributed by atoms with Crippen LogP contribution in [0.25, 0.3) is 0 Å². The quantitative estimate of drug-likeness (QED) is 0.872. The van der Waals surface area contributed by atoms with Gasteiger partial charge in [-0.2, -0.15) is 0 Å². The number of likely N-dealkylation sites (N-methyl/N-ethyl adjacent to an activating group) is 1. The lowest BCUT2D eigenvalue weighted by Crippen LogP contribution is -2.46. The maximum atomic E-state index is 12.2. The van der Waals surface area contributed by atoms with Crippen LogP contribution in [-0.4, -0.2) is 40.2 Å². The van der Waals surface area contributed by atoms with Gasteiger partial charge >= 0.3 is 0 Å². The Labute approximate surface area is 113 Å². The van der Waals surface area contributed by atoms with Crippen molar-refractivity contribution in [2.45, 2.75) is 44.2 Å². The van der Waals surface area contributed by atoms with Gasteiger partial charge < -0.3 is 15.1 Å². The summed E-state index contributed by atoms with van der Waals surface area (Å²) >= 11 is 0. The van der Waals surface area contributed by atoms with E-state index in [0.717, 1.165) is 31.2 Å². The normalized spacial score (nSPS) is 23.1. The average molecular weight is 263 g/mol. The maximum absolute atomic E-state index is 12.2. The highest BCUT2D eigenvalue weighted by Crippen LogP contribution is 2.23. The van der Waals surface area contributed by atoms with Gasteiger partial charge in [-0.3, -0.25) is 4.79 Å². The van der Waals surface area contributed by atoms with E-state index in [1.165, 1.54) is 0 Å². The summed E-state index contributed by atoms with van der Waals surface area (Å²) in [5.74, 6) is 0.155. The van der Waals surface area contributed by atoms with Crippen LogP contribution in [0.3, 0.4) is 0 Å². The summed E-state index contributed by atoms with van der Waals surface area (Å²) in [4.78, 5) is 13.9. The molecular formula is C15H21NO3. The number of amides is 1. The second-order valence-electron chi connectivity index (χ2n) is 5.27. The fourth-order valence-electron chi connectivity index (χ4n) is 2.69. The minimum absolute atomic E-state index is 0.0171. The molecule has 0 radical (unpaired) electrons. The van der Waals surface area contributed by atoms with E-state index in [-0.39, 0.29) is 24.1 Å². The van der Waals surface area contributed by atoms with Crippen molar-refractivity contribution >= 4 is 5.91 Å². The molecule has 4 nitrogen and oxygen atoms in total. The number of benzene rings is 1.